The van der Waals surface area contributed by atoms with E-state index >= 15 is 0 Å². The summed E-state index contributed by atoms with van der Waals surface area (Å²) in [5, 5.41) is 0. The molecule has 0 saturated carbocycles. The zero-order chi connectivity index (χ0) is 12.8. The van der Waals surface area contributed by atoms with Crippen LogP contribution in [0.15, 0.2) is 41.3 Å². The summed E-state index contributed by atoms with van der Waals surface area (Å²) < 4.78 is 9.44. The molecule has 0 spiro atoms. The van der Waals surface area contributed by atoms with Gasteiger partial charge in [-0.05, 0) is 31.2 Å². The van der Waals surface area contributed by atoms with E-state index in [-0.39, 0.29) is 0 Å². The van der Waals surface area contributed by atoms with Crippen LogP contribution in [0.25, 0.3) is 0 Å². The van der Waals surface area contributed by atoms with Gasteiger partial charge in [0, 0.05) is 10.5 Å². The Morgan fingerprint density at radius 1 is 1.24 bits per heavy atom. The molecule has 0 aliphatic rings. The molecule has 0 saturated heterocycles. The molecule has 5 heteroatoms. The van der Waals surface area contributed by atoms with Crippen molar-refractivity contribution in [2.45, 2.75) is 11.8 Å². The predicted octanol–water partition coefficient (Wildman–Crippen LogP) is 2.60. The minimum atomic E-state index is -0.466. The molecule has 17 heavy (non-hydrogen) atoms. The zero-order valence-corrected chi connectivity index (χ0v) is 10.4. The van der Waals surface area contributed by atoms with Gasteiger partial charge in [0.25, 0.3) is 0 Å². The Balaban J connectivity index is 2.60. The number of methoxy groups -OCH3 is 1. The summed E-state index contributed by atoms with van der Waals surface area (Å²) in [6, 6.07) is 6.54. The smallest absolute Gasteiger partial charge is 0.345 e. The first kappa shape index (κ1) is 13.3. The quantitative estimate of drug-likeness (QED) is 0.468. The van der Waals surface area contributed by atoms with Crippen LogP contribution >= 0.6 is 12.0 Å². The Morgan fingerprint density at radius 3 is 2.29 bits per heavy atom. The molecule has 0 unspecified atom stereocenters. The van der Waals surface area contributed by atoms with Crippen molar-refractivity contribution in [1.29, 1.82) is 0 Å². The molecule has 0 amide bonds. The van der Waals surface area contributed by atoms with Crippen LogP contribution < -0.4 is 0 Å². The second-order valence-corrected chi connectivity index (χ2v) is 4.06. The number of hydrogen-bond donors (Lipinski definition) is 0. The Morgan fingerprint density at radius 2 is 1.82 bits per heavy atom. The number of benzene rings is 1. The normalized spacial score (nSPS) is 9.53. The van der Waals surface area contributed by atoms with Crippen LogP contribution in [0.2, 0.25) is 0 Å². The van der Waals surface area contributed by atoms with E-state index in [1.165, 1.54) is 7.11 Å². The monoisotopic (exact) mass is 252 g/mol. The summed E-state index contributed by atoms with van der Waals surface area (Å²) in [7, 11) is 1.32. The lowest BCUT2D eigenvalue weighted by molar-refractivity contribution is -0.128. The number of esters is 1. The SMILES string of the molecule is C=C(C)C(=O)OSc1ccc(C(=O)OC)cc1. The van der Waals surface area contributed by atoms with Crippen LogP contribution in [-0.4, -0.2) is 19.0 Å². The number of rotatable bonds is 4. The summed E-state index contributed by atoms with van der Waals surface area (Å²) in [5.41, 5.74) is 0.784. The Kier molecular flexibility index (Phi) is 4.78. The van der Waals surface area contributed by atoms with Crippen LogP contribution in [0.3, 0.4) is 0 Å². The fourth-order valence-corrected chi connectivity index (χ4v) is 1.48. The Labute approximate surface area is 104 Å². The minimum Gasteiger partial charge on any atom is -0.465 e. The second-order valence-electron chi connectivity index (χ2n) is 3.25. The number of ether oxygens (including phenoxy) is 1. The third-order valence-corrected chi connectivity index (χ3v) is 2.54. The molecular formula is C12H12O4S. The lowest BCUT2D eigenvalue weighted by Crippen LogP contribution is -2.01. The molecule has 0 fully saturated rings. The third-order valence-electron chi connectivity index (χ3n) is 1.84. The van der Waals surface area contributed by atoms with Crippen molar-refractivity contribution >= 4 is 24.0 Å². The zero-order valence-electron chi connectivity index (χ0n) is 9.56. The lowest BCUT2D eigenvalue weighted by Gasteiger charge is -2.03. The van der Waals surface area contributed by atoms with Crippen LogP contribution in [0, 0.1) is 0 Å². The standard InChI is InChI=1S/C12H12O4S/c1-8(2)11(13)16-17-10-6-4-9(5-7-10)12(14)15-3/h4-7H,1H2,2-3H3. The first-order valence-corrected chi connectivity index (χ1v) is 5.51. The van der Waals surface area contributed by atoms with E-state index in [0.717, 1.165) is 12.0 Å². The van der Waals surface area contributed by atoms with Gasteiger partial charge < -0.3 is 8.92 Å². The van der Waals surface area contributed by atoms with E-state index in [4.69, 9.17) is 4.18 Å². The maximum Gasteiger partial charge on any atom is 0.345 e. The van der Waals surface area contributed by atoms with Crippen molar-refractivity contribution in [3.05, 3.63) is 42.0 Å². The molecule has 0 N–H and O–H groups in total. The largest absolute Gasteiger partial charge is 0.465 e. The third kappa shape index (κ3) is 3.96. The number of carbonyl (C=O) groups excluding carboxylic acids is 2. The van der Waals surface area contributed by atoms with E-state index in [2.05, 4.69) is 11.3 Å². The van der Waals surface area contributed by atoms with Crippen LogP contribution in [0.5, 0.6) is 0 Å². The van der Waals surface area contributed by atoms with Gasteiger partial charge in [-0.25, -0.2) is 9.59 Å². The average Bonchev–Trinajstić information content (AvgIpc) is 2.35. The molecule has 1 aromatic rings. The van der Waals surface area contributed by atoms with Crippen LogP contribution in [0.4, 0.5) is 0 Å². The minimum absolute atomic E-state index is 0.337. The molecule has 0 heterocycles. The van der Waals surface area contributed by atoms with E-state index in [9.17, 15) is 9.59 Å². The highest BCUT2D eigenvalue weighted by atomic mass is 32.2. The van der Waals surface area contributed by atoms with Gasteiger partial charge in [-0.2, -0.15) is 0 Å². The van der Waals surface area contributed by atoms with Crippen LogP contribution in [-0.2, 0) is 13.7 Å². The molecule has 0 atom stereocenters. The summed E-state index contributed by atoms with van der Waals surface area (Å²) in [4.78, 5) is 23.0. The second kappa shape index (κ2) is 6.10. The van der Waals surface area contributed by atoms with Crippen molar-refractivity contribution in [3.63, 3.8) is 0 Å². The summed E-state index contributed by atoms with van der Waals surface area (Å²) in [5.74, 6) is -0.868. The molecule has 1 rings (SSSR count). The van der Waals surface area contributed by atoms with E-state index in [1.807, 2.05) is 0 Å². The fourth-order valence-electron chi connectivity index (χ4n) is 0.922. The summed E-state index contributed by atoms with van der Waals surface area (Å²) >= 11 is 0.922. The summed E-state index contributed by atoms with van der Waals surface area (Å²) in [6.45, 7) is 5.04. The van der Waals surface area contributed by atoms with Gasteiger partial charge in [0.1, 0.15) is 0 Å². The molecular weight excluding hydrogens is 240 g/mol. The van der Waals surface area contributed by atoms with Crippen LogP contribution in [0.1, 0.15) is 17.3 Å². The average molecular weight is 252 g/mol. The van der Waals surface area contributed by atoms with Crippen molar-refractivity contribution < 1.29 is 18.5 Å². The molecule has 4 nitrogen and oxygen atoms in total. The molecule has 0 radical (unpaired) electrons. The molecule has 1 aromatic carbocycles. The van der Waals surface area contributed by atoms with E-state index in [1.54, 1.807) is 31.2 Å². The van der Waals surface area contributed by atoms with Crippen molar-refractivity contribution in [1.82, 2.24) is 0 Å². The van der Waals surface area contributed by atoms with E-state index < -0.39 is 11.9 Å². The topological polar surface area (TPSA) is 52.6 Å². The lowest BCUT2D eigenvalue weighted by atomic mass is 10.2. The Hall–Kier alpha value is -1.75. The van der Waals surface area contributed by atoms with Crippen molar-refractivity contribution in [3.8, 4) is 0 Å². The van der Waals surface area contributed by atoms with Gasteiger partial charge in [-0.1, -0.05) is 6.58 Å². The molecule has 0 aromatic heterocycles. The molecule has 90 valence electrons. The van der Waals surface area contributed by atoms with Gasteiger partial charge in [0.2, 0.25) is 0 Å². The van der Waals surface area contributed by atoms with Gasteiger partial charge in [-0.3, -0.25) is 0 Å². The highest BCUT2D eigenvalue weighted by Crippen LogP contribution is 2.20. The first-order valence-electron chi connectivity index (χ1n) is 4.77. The highest BCUT2D eigenvalue weighted by molar-refractivity contribution is 7.95. The first-order chi connectivity index (χ1) is 8.04. The van der Waals surface area contributed by atoms with Gasteiger partial charge in [-0.15, -0.1) is 0 Å². The molecule has 0 aliphatic carbocycles. The van der Waals surface area contributed by atoms with Gasteiger partial charge >= 0.3 is 11.9 Å². The Bertz CT molecular complexity index is 436. The van der Waals surface area contributed by atoms with Crippen molar-refractivity contribution in [2.75, 3.05) is 7.11 Å². The predicted molar refractivity (Wildman–Crippen MR) is 64.5 cm³/mol. The maximum atomic E-state index is 11.2. The summed E-state index contributed by atoms with van der Waals surface area (Å²) in [6.07, 6.45) is 0. The highest BCUT2D eigenvalue weighted by Gasteiger charge is 2.07. The van der Waals surface area contributed by atoms with E-state index in [0.29, 0.717) is 16.0 Å². The van der Waals surface area contributed by atoms with Gasteiger partial charge in [0.05, 0.1) is 24.7 Å². The maximum absolute atomic E-state index is 11.2. The fraction of sp³-hybridized carbons (Fsp3) is 0.167. The molecule has 0 bridgehead atoms. The number of carbonyl (C=O) groups is 2. The van der Waals surface area contributed by atoms with Crippen molar-refractivity contribution in [2.24, 2.45) is 0 Å². The molecule has 0 aliphatic heterocycles. The number of hydrogen-bond acceptors (Lipinski definition) is 5. The van der Waals surface area contributed by atoms with Gasteiger partial charge in [0.15, 0.2) is 0 Å².